The molecule has 0 radical (unpaired) electrons. The number of nitrogens with one attached hydrogen (secondary N) is 3. The number of halogens is 2. The SMILES string of the molecule is Cc1nc(NC(=O)c2n[nH]c3c2CNCC3)sc1Cc1ccccc1F.Cl. The number of thiazole rings is 1. The van der Waals surface area contributed by atoms with Crippen LogP contribution in [0.5, 0.6) is 0 Å². The second-order valence-electron chi connectivity index (χ2n) is 6.21. The molecule has 0 aliphatic carbocycles. The number of aromatic nitrogens is 3. The van der Waals surface area contributed by atoms with E-state index >= 15 is 0 Å². The Kier molecular flexibility index (Phi) is 5.88. The fourth-order valence-electron chi connectivity index (χ4n) is 3.03. The molecule has 0 atom stereocenters. The lowest BCUT2D eigenvalue weighted by Crippen LogP contribution is -2.25. The molecule has 9 heteroatoms. The van der Waals surface area contributed by atoms with Crippen LogP contribution in [-0.2, 0) is 19.4 Å². The van der Waals surface area contributed by atoms with E-state index < -0.39 is 0 Å². The minimum atomic E-state index is -0.280. The van der Waals surface area contributed by atoms with Gasteiger partial charge in [0.25, 0.3) is 5.91 Å². The minimum absolute atomic E-state index is 0. The molecule has 6 nitrogen and oxygen atoms in total. The second kappa shape index (κ2) is 8.16. The van der Waals surface area contributed by atoms with Gasteiger partial charge in [0.15, 0.2) is 10.8 Å². The van der Waals surface area contributed by atoms with Gasteiger partial charge in [0.2, 0.25) is 0 Å². The number of nitrogens with zero attached hydrogens (tertiary/aromatic N) is 2. The summed E-state index contributed by atoms with van der Waals surface area (Å²) < 4.78 is 13.9. The molecule has 142 valence electrons. The number of rotatable bonds is 4. The predicted octanol–water partition coefficient (Wildman–Crippen LogP) is 3.22. The van der Waals surface area contributed by atoms with Crippen molar-refractivity contribution in [2.75, 3.05) is 11.9 Å². The number of carbonyl (C=O) groups is 1. The normalized spacial score (nSPS) is 13.0. The number of hydrogen-bond donors (Lipinski definition) is 3. The Balaban J connectivity index is 0.00000210. The van der Waals surface area contributed by atoms with E-state index in [1.54, 1.807) is 12.1 Å². The summed E-state index contributed by atoms with van der Waals surface area (Å²) in [5.74, 6) is -0.515. The Morgan fingerprint density at radius 1 is 1.37 bits per heavy atom. The molecule has 0 unspecified atom stereocenters. The van der Waals surface area contributed by atoms with E-state index in [9.17, 15) is 9.18 Å². The van der Waals surface area contributed by atoms with Gasteiger partial charge >= 0.3 is 0 Å². The summed E-state index contributed by atoms with van der Waals surface area (Å²) in [6, 6.07) is 6.69. The number of anilines is 1. The third-order valence-electron chi connectivity index (χ3n) is 4.44. The van der Waals surface area contributed by atoms with E-state index in [2.05, 4.69) is 25.8 Å². The van der Waals surface area contributed by atoms with Crippen molar-refractivity contribution >= 4 is 34.8 Å². The number of aromatic amines is 1. The fourth-order valence-corrected chi connectivity index (χ4v) is 4.01. The van der Waals surface area contributed by atoms with Gasteiger partial charge < -0.3 is 5.32 Å². The van der Waals surface area contributed by atoms with E-state index in [0.717, 1.165) is 34.8 Å². The molecule has 1 aromatic carbocycles. The number of hydrogen-bond acceptors (Lipinski definition) is 5. The molecule has 2 aromatic heterocycles. The van der Waals surface area contributed by atoms with Crippen molar-refractivity contribution in [3.05, 3.63) is 63.2 Å². The highest BCUT2D eigenvalue weighted by Gasteiger charge is 2.22. The summed E-state index contributed by atoms with van der Waals surface area (Å²) in [5.41, 5.74) is 3.72. The molecule has 27 heavy (non-hydrogen) atoms. The molecule has 0 fully saturated rings. The average Bonchev–Trinajstić information content (AvgIpc) is 3.20. The first-order chi connectivity index (χ1) is 12.6. The van der Waals surface area contributed by atoms with Gasteiger partial charge in [-0.15, -0.1) is 23.7 Å². The Bertz CT molecular complexity index is 971. The van der Waals surface area contributed by atoms with Crippen molar-refractivity contribution in [2.24, 2.45) is 0 Å². The summed E-state index contributed by atoms with van der Waals surface area (Å²) >= 11 is 1.36. The van der Waals surface area contributed by atoms with Crippen molar-refractivity contribution in [1.82, 2.24) is 20.5 Å². The summed E-state index contributed by atoms with van der Waals surface area (Å²) in [6.45, 7) is 3.37. The topological polar surface area (TPSA) is 82.7 Å². The molecule has 0 saturated carbocycles. The van der Waals surface area contributed by atoms with Crippen molar-refractivity contribution < 1.29 is 9.18 Å². The van der Waals surface area contributed by atoms with E-state index in [0.29, 0.717) is 29.4 Å². The number of H-pyrrole nitrogens is 1. The molecule has 0 bridgehead atoms. The third-order valence-corrected chi connectivity index (χ3v) is 5.52. The van der Waals surface area contributed by atoms with Crippen LogP contribution in [0.2, 0.25) is 0 Å². The van der Waals surface area contributed by atoms with Crippen LogP contribution in [0.25, 0.3) is 0 Å². The number of carbonyl (C=O) groups excluding carboxylic acids is 1. The molecular formula is C18H19ClFN5OS. The summed E-state index contributed by atoms with van der Waals surface area (Å²) in [6.07, 6.45) is 1.28. The van der Waals surface area contributed by atoms with Crippen LogP contribution in [0.3, 0.4) is 0 Å². The quantitative estimate of drug-likeness (QED) is 0.620. The van der Waals surface area contributed by atoms with Gasteiger partial charge in [0, 0.05) is 42.1 Å². The molecule has 1 aliphatic heterocycles. The first kappa shape index (κ1) is 19.5. The van der Waals surface area contributed by atoms with Crippen molar-refractivity contribution in [1.29, 1.82) is 0 Å². The second-order valence-corrected chi connectivity index (χ2v) is 7.29. The van der Waals surface area contributed by atoms with E-state index in [-0.39, 0.29) is 24.1 Å². The molecule has 1 aliphatic rings. The molecule has 0 saturated heterocycles. The lowest BCUT2D eigenvalue weighted by molar-refractivity contribution is 0.102. The Hall–Kier alpha value is -2.29. The van der Waals surface area contributed by atoms with Crippen LogP contribution in [-0.4, -0.2) is 27.6 Å². The molecular weight excluding hydrogens is 389 g/mol. The molecule has 1 amide bonds. The molecule has 3 heterocycles. The minimum Gasteiger partial charge on any atom is -0.312 e. The average molecular weight is 408 g/mol. The third kappa shape index (κ3) is 4.02. The zero-order valence-electron chi connectivity index (χ0n) is 14.6. The van der Waals surface area contributed by atoms with Crippen LogP contribution in [0.4, 0.5) is 9.52 Å². The molecule has 3 N–H and O–H groups in total. The predicted molar refractivity (Wildman–Crippen MR) is 105 cm³/mol. The van der Waals surface area contributed by atoms with Crippen molar-refractivity contribution in [3.8, 4) is 0 Å². The van der Waals surface area contributed by atoms with Gasteiger partial charge in [0.1, 0.15) is 5.82 Å². The number of benzene rings is 1. The van der Waals surface area contributed by atoms with Crippen LogP contribution >= 0.6 is 23.7 Å². The van der Waals surface area contributed by atoms with Gasteiger partial charge in [0.05, 0.1) is 5.69 Å². The maximum absolute atomic E-state index is 13.9. The first-order valence-corrected chi connectivity index (χ1v) is 9.21. The van der Waals surface area contributed by atoms with Gasteiger partial charge in [-0.25, -0.2) is 9.37 Å². The van der Waals surface area contributed by atoms with Gasteiger partial charge in [-0.05, 0) is 18.6 Å². The van der Waals surface area contributed by atoms with Crippen molar-refractivity contribution in [2.45, 2.75) is 26.3 Å². The van der Waals surface area contributed by atoms with Crippen LogP contribution in [0.15, 0.2) is 24.3 Å². The molecule has 3 aromatic rings. The lowest BCUT2D eigenvalue weighted by atomic mass is 10.1. The Labute approximate surface area is 166 Å². The first-order valence-electron chi connectivity index (χ1n) is 8.39. The monoisotopic (exact) mass is 407 g/mol. The highest BCUT2D eigenvalue weighted by atomic mass is 35.5. The number of aryl methyl sites for hydroxylation is 1. The van der Waals surface area contributed by atoms with Crippen LogP contribution < -0.4 is 10.6 Å². The highest BCUT2D eigenvalue weighted by Crippen LogP contribution is 2.27. The number of amides is 1. The van der Waals surface area contributed by atoms with Crippen molar-refractivity contribution in [3.63, 3.8) is 0 Å². The van der Waals surface area contributed by atoms with Gasteiger partial charge in [-0.3, -0.25) is 15.2 Å². The lowest BCUT2D eigenvalue weighted by Gasteiger charge is -2.12. The number of fused-ring (bicyclic) bond motifs is 1. The Morgan fingerprint density at radius 3 is 3.00 bits per heavy atom. The standard InChI is InChI=1S/C18H18FN5OS.ClH/c1-10-15(8-11-4-2-3-5-13(11)19)26-18(21-10)22-17(25)16-12-9-20-7-6-14(12)23-24-16;/h2-5,20H,6-9H2,1H3,(H,23,24)(H,21,22,25);1H. The summed E-state index contributed by atoms with van der Waals surface area (Å²) in [5, 5.41) is 13.7. The van der Waals surface area contributed by atoms with E-state index in [4.69, 9.17) is 0 Å². The Morgan fingerprint density at radius 2 is 2.19 bits per heavy atom. The zero-order valence-corrected chi connectivity index (χ0v) is 16.3. The van der Waals surface area contributed by atoms with Gasteiger partial charge in [-0.2, -0.15) is 5.10 Å². The summed E-state index contributed by atoms with van der Waals surface area (Å²) in [4.78, 5) is 17.9. The molecule has 0 spiro atoms. The maximum atomic E-state index is 13.9. The molecule has 4 rings (SSSR count). The fraction of sp³-hybridized carbons (Fsp3) is 0.278. The van der Waals surface area contributed by atoms with Crippen LogP contribution in [0, 0.1) is 12.7 Å². The zero-order chi connectivity index (χ0) is 18.1. The van der Waals surface area contributed by atoms with E-state index in [1.807, 2.05) is 13.0 Å². The van der Waals surface area contributed by atoms with Gasteiger partial charge in [-0.1, -0.05) is 18.2 Å². The van der Waals surface area contributed by atoms with Crippen LogP contribution in [0.1, 0.15) is 37.9 Å². The van der Waals surface area contributed by atoms with E-state index in [1.165, 1.54) is 17.4 Å². The summed E-state index contributed by atoms with van der Waals surface area (Å²) in [7, 11) is 0. The smallest absolute Gasteiger partial charge is 0.278 e. The highest BCUT2D eigenvalue weighted by molar-refractivity contribution is 7.15. The maximum Gasteiger partial charge on any atom is 0.278 e. The largest absolute Gasteiger partial charge is 0.312 e.